The fraction of sp³-hybridized carbons (Fsp3) is 0.0833. The number of halogens is 1. The first kappa shape index (κ1) is 12.3. The van der Waals surface area contributed by atoms with E-state index in [2.05, 4.69) is 15.5 Å². The first-order chi connectivity index (χ1) is 8.56. The Morgan fingerprint density at radius 1 is 1.28 bits per heavy atom. The lowest BCUT2D eigenvalue weighted by Crippen LogP contribution is -2.13. The van der Waals surface area contributed by atoms with Crippen LogP contribution in [0.1, 0.15) is 15.9 Å². The molecular weight excluding hydrogens is 254 g/mol. The second kappa shape index (κ2) is 5.01. The molecule has 1 aromatic carbocycles. The van der Waals surface area contributed by atoms with Crippen molar-refractivity contribution in [2.45, 2.75) is 6.92 Å². The van der Waals surface area contributed by atoms with E-state index in [1.807, 2.05) is 6.92 Å². The van der Waals surface area contributed by atoms with Gasteiger partial charge >= 0.3 is 0 Å². The second-order valence-electron chi connectivity index (χ2n) is 3.72. The van der Waals surface area contributed by atoms with Crippen LogP contribution in [0.3, 0.4) is 0 Å². The first-order valence-corrected chi connectivity index (χ1v) is 5.54. The quantitative estimate of drug-likeness (QED) is 0.872. The molecule has 0 aliphatic rings. The molecule has 92 valence electrons. The number of nitrogens with one attached hydrogen (secondary N) is 1. The smallest absolute Gasteiger partial charge is 0.260 e. The Morgan fingerprint density at radius 3 is 2.67 bits per heavy atom. The maximum atomic E-state index is 11.9. The lowest BCUT2D eigenvalue weighted by molar-refractivity contribution is 0.102. The topological polar surface area (TPSA) is 75.1 Å². The van der Waals surface area contributed by atoms with Crippen LogP contribution in [0.25, 0.3) is 0 Å². The van der Waals surface area contributed by atoms with E-state index in [0.717, 1.165) is 5.56 Å². The summed E-state index contributed by atoms with van der Waals surface area (Å²) in [4.78, 5) is 11.9. The van der Waals surface area contributed by atoms with Crippen LogP contribution in [0.15, 0.2) is 30.3 Å². The summed E-state index contributed by atoms with van der Waals surface area (Å²) in [7, 11) is 0. The highest BCUT2D eigenvalue weighted by molar-refractivity contribution is 6.29. The molecule has 0 saturated heterocycles. The van der Waals surface area contributed by atoms with Crippen molar-refractivity contribution in [2.75, 3.05) is 5.32 Å². The Kier molecular flexibility index (Phi) is 3.43. The highest BCUT2D eigenvalue weighted by Crippen LogP contribution is 2.19. The van der Waals surface area contributed by atoms with Gasteiger partial charge in [-0.3, -0.25) is 4.79 Å². The predicted octanol–water partition coefficient (Wildman–Crippen LogP) is 2.40. The summed E-state index contributed by atoms with van der Waals surface area (Å²) in [5.41, 5.74) is 1.05. The third-order valence-electron chi connectivity index (χ3n) is 2.27. The van der Waals surface area contributed by atoms with E-state index in [1.165, 1.54) is 18.2 Å². The first-order valence-electron chi connectivity index (χ1n) is 5.16. The van der Waals surface area contributed by atoms with Crippen molar-refractivity contribution >= 4 is 23.3 Å². The molecule has 1 amide bonds. The second-order valence-corrected chi connectivity index (χ2v) is 4.10. The van der Waals surface area contributed by atoms with Crippen molar-refractivity contribution in [3.8, 4) is 5.75 Å². The van der Waals surface area contributed by atoms with Gasteiger partial charge < -0.3 is 10.4 Å². The van der Waals surface area contributed by atoms with Crippen molar-refractivity contribution in [1.82, 2.24) is 10.2 Å². The summed E-state index contributed by atoms with van der Waals surface area (Å²) >= 11 is 5.58. The largest absolute Gasteiger partial charge is 0.507 e. The van der Waals surface area contributed by atoms with Crippen molar-refractivity contribution in [3.05, 3.63) is 46.6 Å². The monoisotopic (exact) mass is 263 g/mol. The Morgan fingerprint density at radius 2 is 2.06 bits per heavy atom. The number of anilines is 1. The molecule has 2 N–H and O–H groups in total. The molecule has 18 heavy (non-hydrogen) atoms. The molecule has 2 rings (SSSR count). The minimum absolute atomic E-state index is 0.0746. The van der Waals surface area contributed by atoms with Gasteiger partial charge in [-0.25, -0.2) is 0 Å². The molecule has 5 nitrogen and oxygen atoms in total. The van der Waals surface area contributed by atoms with Gasteiger partial charge in [0.2, 0.25) is 0 Å². The Balaban J connectivity index is 2.19. The number of phenolic OH excluding ortho intramolecular Hbond substituents is 1. The van der Waals surface area contributed by atoms with Crippen molar-refractivity contribution in [2.24, 2.45) is 0 Å². The molecule has 0 saturated carbocycles. The van der Waals surface area contributed by atoms with E-state index >= 15 is 0 Å². The zero-order valence-corrected chi connectivity index (χ0v) is 10.3. The molecule has 0 atom stereocenters. The minimum Gasteiger partial charge on any atom is -0.507 e. The Labute approximate surface area is 108 Å². The molecule has 0 aliphatic carbocycles. The molecule has 1 heterocycles. The average molecular weight is 264 g/mol. The number of nitrogens with zero attached hydrogens (tertiary/aromatic N) is 2. The molecule has 0 radical (unpaired) electrons. The van der Waals surface area contributed by atoms with Crippen LogP contribution in [0.2, 0.25) is 5.15 Å². The number of aromatic nitrogens is 2. The number of phenols is 1. The lowest BCUT2D eigenvalue weighted by Gasteiger charge is -2.06. The molecule has 2 aromatic rings. The van der Waals surface area contributed by atoms with E-state index in [-0.39, 0.29) is 22.3 Å². The van der Waals surface area contributed by atoms with Gasteiger partial charge in [-0.05, 0) is 36.8 Å². The van der Waals surface area contributed by atoms with Crippen LogP contribution in [0.5, 0.6) is 5.75 Å². The third-order valence-corrected chi connectivity index (χ3v) is 2.47. The van der Waals surface area contributed by atoms with Crippen molar-refractivity contribution in [1.29, 1.82) is 0 Å². The number of amides is 1. The third kappa shape index (κ3) is 2.75. The number of rotatable bonds is 2. The number of carbonyl (C=O) groups excluding carboxylic acids is 1. The van der Waals surface area contributed by atoms with E-state index < -0.39 is 5.91 Å². The molecular formula is C12H10ClN3O2. The standard InChI is InChI=1S/C12H10ClN3O2/c1-7-2-3-8(9(17)6-7)12(18)14-11-5-4-10(13)15-16-11/h2-6,17H,1H3,(H,14,16,18). The minimum atomic E-state index is -0.455. The van der Waals surface area contributed by atoms with Gasteiger partial charge in [0, 0.05) is 0 Å². The molecule has 0 unspecified atom stereocenters. The highest BCUT2D eigenvalue weighted by Gasteiger charge is 2.11. The van der Waals surface area contributed by atoms with E-state index in [1.54, 1.807) is 12.1 Å². The number of benzene rings is 1. The van der Waals surface area contributed by atoms with Gasteiger partial charge in [-0.2, -0.15) is 0 Å². The summed E-state index contributed by atoms with van der Waals surface area (Å²) in [6, 6.07) is 7.84. The molecule has 6 heteroatoms. The maximum absolute atomic E-state index is 11.9. The van der Waals surface area contributed by atoms with E-state index in [4.69, 9.17) is 11.6 Å². The number of aromatic hydroxyl groups is 1. The van der Waals surface area contributed by atoms with Gasteiger partial charge in [-0.15, -0.1) is 10.2 Å². The summed E-state index contributed by atoms with van der Waals surface area (Å²) in [5.74, 6) is -0.261. The van der Waals surface area contributed by atoms with Gasteiger partial charge in [-0.1, -0.05) is 17.7 Å². The predicted molar refractivity (Wildman–Crippen MR) is 67.8 cm³/mol. The molecule has 1 aromatic heterocycles. The highest BCUT2D eigenvalue weighted by atomic mass is 35.5. The number of hydrogen-bond acceptors (Lipinski definition) is 4. The van der Waals surface area contributed by atoms with E-state index in [9.17, 15) is 9.90 Å². The van der Waals surface area contributed by atoms with Crippen LogP contribution in [-0.2, 0) is 0 Å². The van der Waals surface area contributed by atoms with Crippen LogP contribution < -0.4 is 5.32 Å². The summed E-state index contributed by atoms with van der Waals surface area (Å²) in [6.07, 6.45) is 0. The average Bonchev–Trinajstić information content (AvgIpc) is 2.32. The summed E-state index contributed by atoms with van der Waals surface area (Å²) in [6.45, 7) is 1.83. The summed E-state index contributed by atoms with van der Waals surface area (Å²) < 4.78 is 0. The fourth-order valence-electron chi connectivity index (χ4n) is 1.40. The van der Waals surface area contributed by atoms with Gasteiger partial charge in [0.15, 0.2) is 11.0 Å². The maximum Gasteiger partial charge on any atom is 0.260 e. The van der Waals surface area contributed by atoms with Crippen LogP contribution in [0, 0.1) is 6.92 Å². The Bertz CT molecular complexity index is 584. The van der Waals surface area contributed by atoms with Gasteiger partial charge in [0.25, 0.3) is 5.91 Å². The zero-order valence-electron chi connectivity index (χ0n) is 9.51. The SMILES string of the molecule is Cc1ccc(C(=O)Nc2ccc(Cl)nn2)c(O)c1. The summed E-state index contributed by atoms with van der Waals surface area (Å²) in [5, 5.41) is 19.7. The van der Waals surface area contributed by atoms with Crippen molar-refractivity contribution in [3.63, 3.8) is 0 Å². The van der Waals surface area contributed by atoms with Gasteiger partial charge in [0.05, 0.1) is 5.56 Å². The fourth-order valence-corrected chi connectivity index (χ4v) is 1.50. The molecule has 0 spiro atoms. The number of aryl methyl sites for hydroxylation is 1. The molecule has 0 fully saturated rings. The normalized spacial score (nSPS) is 10.1. The number of carbonyl (C=O) groups is 1. The lowest BCUT2D eigenvalue weighted by atomic mass is 10.1. The Hall–Kier alpha value is -2.14. The van der Waals surface area contributed by atoms with Gasteiger partial charge in [0.1, 0.15) is 5.75 Å². The van der Waals surface area contributed by atoms with Crippen LogP contribution >= 0.6 is 11.6 Å². The van der Waals surface area contributed by atoms with E-state index in [0.29, 0.717) is 0 Å². The molecule has 0 aliphatic heterocycles. The number of hydrogen-bond donors (Lipinski definition) is 2. The van der Waals surface area contributed by atoms with Crippen molar-refractivity contribution < 1.29 is 9.90 Å². The zero-order chi connectivity index (χ0) is 13.1. The molecule has 0 bridgehead atoms. The van der Waals surface area contributed by atoms with Crippen LogP contribution in [0.4, 0.5) is 5.82 Å². The van der Waals surface area contributed by atoms with Crippen LogP contribution in [-0.4, -0.2) is 21.2 Å².